The number of hydrogen-bond donors (Lipinski definition) is 0. The lowest BCUT2D eigenvalue weighted by Gasteiger charge is -2.06. The summed E-state index contributed by atoms with van der Waals surface area (Å²) in [4.78, 5) is 32.8. The number of nitro groups is 1. The Bertz CT molecular complexity index is 528. The largest absolute Gasteiger partial charge is 0.323 e. The summed E-state index contributed by atoms with van der Waals surface area (Å²) < 4.78 is 0. The van der Waals surface area contributed by atoms with Crippen LogP contribution in [0.4, 0.5) is 10.5 Å². The Hall–Kier alpha value is -2.21. The Morgan fingerprint density at radius 2 is 2.11 bits per heavy atom. The number of likely N-dealkylation sites (N-methyl/N-ethyl adjacent to an activating group) is 1. The fourth-order valence-electron chi connectivity index (χ4n) is 1.11. The van der Waals surface area contributed by atoms with Crippen LogP contribution in [0.3, 0.4) is 0 Å². The lowest BCUT2D eigenvalue weighted by molar-refractivity contribution is -0.384. The highest BCUT2D eigenvalue weighted by Gasteiger charge is 2.11. The van der Waals surface area contributed by atoms with Crippen LogP contribution in [0.15, 0.2) is 30.3 Å². The molecule has 0 saturated heterocycles. The minimum absolute atomic E-state index is 0.0774. The minimum atomic E-state index is -0.899. The zero-order chi connectivity index (χ0) is 13.7. The van der Waals surface area contributed by atoms with Gasteiger partial charge in [-0.1, -0.05) is 12.1 Å². The zero-order valence-electron chi connectivity index (χ0n) is 9.37. The number of rotatable bonds is 3. The number of non-ortho nitro benzene ring substituents is 1. The Morgan fingerprint density at radius 3 is 2.67 bits per heavy atom. The summed E-state index contributed by atoms with van der Waals surface area (Å²) in [6.07, 6.45) is 2.48. The number of imide groups is 1. The maximum Gasteiger partial charge on any atom is 0.323 e. The highest BCUT2D eigenvalue weighted by Crippen LogP contribution is 2.14. The molecule has 94 valence electrons. The molecule has 0 N–H and O–H groups in total. The lowest BCUT2D eigenvalue weighted by Crippen LogP contribution is -2.26. The second-order valence-corrected chi connectivity index (χ2v) is 3.66. The number of carbonyl (C=O) groups excluding carboxylic acids is 2. The summed E-state index contributed by atoms with van der Waals surface area (Å²) >= 11 is 5.11. The van der Waals surface area contributed by atoms with Gasteiger partial charge in [-0.2, -0.15) is 0 Å². The topological polar surface area (TPSA) is 80.5 Å². The van der Waals surface area contributed by atoms with E-state index in [1.54, 1.807) is 6.07 Å². The molecule has 0 aliphatic heterocycles. The zero-order valence-corrected chi connectivity index (χ0v) is 10.1. The van der Waals surface area contributed by atoms with Crippen molar-refractivity contribution in [1.82, 2.24) is 4.90 Å². The fraction of sp³-hybridized carbons (Fsp3) is 0.0909. The monoisotopic (exact) mass is 268 g/mol. The summed E-state index contributed by atoms with van der Waals surface area (Å²) in [6, 6.07) is 5.75. The molecule has 1 aromatic rings. The Kier molecular flexibility index (Phi) is 4.56. The molecular weight excluding hydrogens is 260 g/mol. The Morgan fingerprint density at radius 1 is 1.44 bits per heavy atom. The van der Waals surface area contributed by atoms with Gasteiger partial charge in [-0.3, -0.25) is 24.6 Å². The lowest BCUT2D eigenvalue weighted by atomic mass is 10.2. The predicted octanol–water partition coefficient (Wildman–Crippen LogP) is 2.43. The van der Waals surface area contributed by atoms with Gasteiger partial charge in [0, 0.05) is 25.3 Å². The average molecular weight is 269 g/mol. The van der Waals surface area contributed by atoms with Gasteiger partial charge >= 0.3 is 5.37 Å². The van der Waals surface area contributed by atoms with E-state index in [4.69, 9.17) is 11.6 Å². The third-order valence-electron chi connectivity index (χ3n) is 2.09. The average Bonchev–Trinajstić information content (AvgIpc) is 2.35. The number of halogens is 1. The van der Waals surface area contributed by atoms with Crippen molar-refractivity contribution < 1.29 is 14.5 Å². The number of benzene rings is 1. The smallest absolute Gasteiger partial charge is 0.269 e. The number of carbonyl (C=O) groups is 2. The molecule has 0 bridgehead atoms. The number of nitro benzene ring substituents is 1. The van der Waals surface area contributed by atoms with Crippen molar-refractivity contribution in [2.24, 2.45) is 0 Å². The van der Waals surface area contributed by atoms with Crippen LogP contribution in [0.5, 0.6) is 0 Å². The normalized spacial score (nSPS) is 10.3. The van der Waals surface area contributed by atoms with Gasteiger partial charge in [0.2, 0.25) is 0 Å². The maximum atomic E-state index is 11.4. The maximum absolute atomic E-state index is 11.4. The van der Waals surface area contributed by atoms with Gasteiger partial charge in [0.25, 0.3) is 11.6 Å². The van der Waals surface area contributed by atoms with Crippen molar-refractivity contribution >= 4 is 34.6 Å². The van der Waals surface area contributed by atoms with E-state index in [1.165, 1.54) is 31.3 Å². The van der Waals surface area contributed by atoms with E-state index in [-0.39, 0.29) is 5.69 Å². The van der Waals surface area contributed by atoms with Crippen molar-refractivity contribution in [2.45, 2.75) is 0 Å². The van der Waals surface area contributed by atoms with Crippen LogP contribution in [0, 0.1) is 10.1 Å². The van der Waals surface area contributed by atoms with Crippen molar-refractivity contribution in [3.63, 3.8) is 0 Å². The van der Waals surface area contributed by atoms with Gasteiger partial charge in [0.1, 0.15) is 0 Å². The number of hydrogen-bond acceptors (Lipinski definition) is 4. The third-order valence-corrected chi connectivity index (χ3v) is 2.35. The van der Waals surface area contributed by atoms with Gasteiger partial charge in [-0.05, 0) is 23.2 Å². The molecule has 2 amide bonds. The number of nitrogens with zero attached hydrogens (tertiary/aromatic N) is 2. The Labute approximate surface area is 108 Å². The van der Waals surface area contributed by atoms with Crippen LogP contribution in [0.2, 0.25) is 0 Å². The molecule has 0 aliphatic carbocycles. The van der Waals surface area contributed by atoms with E-state index in [0.717, 1.165) is 11.0 Å². The standard InChI is InChI=1S/C11H9ClN2O4/c1-13(11(12)16)10(15)6-5-8-3-2-4-9(7-8)14(17)18/h2-7H,1H3. The highest BCUT2D eigenvalue weighted by atomic mass is 35.5. The van der Waals surface area contributed by atoms with E-state index in [1.807, 2.05) is 0 Å². The summed E-state index contributed by atoms with van der Waals surface area (Å²) in [5, 5.41) is 9.63. The van der Waals surface area contributed by atoms with Gasteiger partial charge in [0.15, 0.2) is 0 Å². The van der Waals surface area contributed by atoms with E-state index in [2.05, 4.69) is 0 Å². The molecule has 6 nitrogen and oxygen atoms in total. The molecule has 0 radical (unpaired) electrons. The van der Waals surface area contributed by atoms with Crippen LogP contribution < -0.4 is 0 Å². The third kappa shape index (κ3) is 3.67. The molecule has 0 aromatic heterocycles. The molecule has 0 spiro atoms. The molecule has 0 aliphatic rings. The Balaban J connectivity index is 2.85. The molecule has 0 unspecified atom stereocenters. The van der Waals surface area contributed by atoms with Crippen molar-refractivity contribution in [1.29, 1.82) is 0 Å². The molecule has 0 heterocycles. The van der Waals surface area contributed by atoms with Crippen LogP contribution in [-0.2, 0) is 4.79 Å². The van der Waals surface area contributed by atoms with E-state index in [0.29, 0.717) is 5.56 Å². The van der Waals surface area contributed by atoms with Crippen LogP contribution in [0.1, 0.15) is 5.56 Å². The summed E-state index contributed by atoms with van der Waals surface area (Å²) in [7, 11) is 1.23. The summed E-state index contributed by atoms with van der Waals surface area (Å²) in [5.41, 5.74) is 0.402. The molecular formula is C11H9ClN2O4. The minimum Gasteiger partial charge on any atom is -0.269 e. The summed E-state index contributed by atoms with van der Waals surface area (Å²) in [6.45, 7) is 0. The van der Waals surface area contributed by atoms with Gasteiger partial charge in [-0.15, -0.1) is 0 Å². The second kappa shape index (κ2) is 5.92. The van der Waals surface area contributed by atoms with E-state index >= 15 is 0 Å². The molecule has 1 aromatic carbocycles. The quantitative estimate of drug-likeness (QED) is 0.277. The first-order valence-corrected chi connectivity index (χ1v) is 5.19. The molecule has 18 heavy (non-hydrogen) atoms. The molecule has 0 fully saturated rings. The molecule has 7 heteroatoms. The van der Waals surface area contributed by atoms with Crippen LogP contribution in [0.25, 0.3) is 6.08 Å². The first kappa shape index (κ1) is 13.9. The first-order valence-electron chi connectivity index (χ1n) is 4.81. The number of amides is 2. The SMILES string of the molecule is CN(C(=O)Cl)C(=O)C=Cc1cccc([N+](=O)[O-])c1. The second-order valence-electron chi connectivity index (χ2n) is 3.34. The molecule has 0 saturated carbocycles. The highest BCUT2D eigenvalue weighted by molar-refractivity contribution is 6.64. The molecule has 0 atom stereocenters. The van der Waals surface area contributed by atoms with Crippen molar-refractivity contribution in [3.05, 3.63) is 46.0 Å². The van der Waals surface area contributed by atoms with E-state index < -0.39 is 16.2 Å². The van der Waals surface area contributed by atoms with Gasteiger partial charge in [0.05, 0.1) is 4.92 Å². The fourth-order valence-corrected chi connectivity index (χ4v) is 1.19. The van der Waals surface area contributed by atoms with Crippen molar-refractivity contribution in [3.8, 4) is 0 Å². The summed E-state index contributed by atoms with van der Waals surface area (Å²) in [5.74, 6) is -0.610. The van der Waals surface area contributed by atoms with E-state index in [9.17, 15) is 19.7 Å². The van der Waals surface area contributed by atoms with Crippen LogP contribution >= 0.6 is 11.6 Å². The first-order chi connectivity index (χ1) is 8.41. The van der Waals surface area contributed by atoms with Crippen molar-refractivity contribution in [2.75, 3.05) is 7.05 Å². The van der Waals surface area contributed by atoms with Gasteiger partial charge in [-0.25, -0.2) is 0 Å². The van der Waals surface area contributed by atoms with Gasteiger partial charge < -0.3 is 0 Å². The molecule has 1 rings (SSSR count). The predicted molar refractivity (Wildman–Crippen MR) is 66.1 cm³/mol. The van der Waals surface area contributed by atoms with Crippen LogP contribution in [-0.4, -0.2) is 28.1 Å².